The SMILES string of the molecule is CC(=O)Cc1cc2cccc(Cl)c2n(C)c1=O. The summed E-state index contributed by atoms with van der Waals surface area (Å²) in [5, 5.41) is 1.41. The van der Waals surface area contributed by atoms with E-state index in [4.69, 9.17) is 11.6 Å². The molecule has 0 aliphatic rings. The van der Waals surface area contributed by atoms with Crippen molar-refractivity contribution in [2.75, 3.05) is 0 Å². The smallest absolute Gasteiger partial charge is 0.254 e. The van der Waals surface area contributed by atoms with Gasteiger partial charge in [-0.1, -0.05) is 23.7 Å². The summed E-state index contributed by atoms with van der Waals surface area (Å²) >= 11 is 6.07. The second kappa shape index (κ2) is 4.34. The molecule has 0 radical (unpaired) electrons. The van der Waals surface area contributed by atoms with Crippen molar-refractivity contribution in [2.45, 2.75) is 13.3 Å². The van der Waals surface area contributed by atoms with E-state index in [1.54, 1.807) is 19.2 Å². The Morgan fingerprint density at radius 3 is 2.76 bits per heavy atom. The fourth-order valence-corrected chi connectivity index (χ4v) is 2.27. The summed E-state index contributed by atoms with van der Waals surface area (Å²) in [4.78, 5) is 23.1. The summed E-state index contributed by atoms with van der Waals surface area (Å²) in [5.74, 6) is -0.0246. The van der Waals surface area contributed by atoms with Gasteiger partial charge < -0.3 is 4.57 Å². The monoisotopic (exact) mass is 249 g/mol. The number of halogens is 1. The molecule has 0 fully saturated rings. The quantitative estimate of drug-likeness (QED) is 0.819. The molecular weight excluding hydrogens is 238 g/mol. The maximum Gasteiger partial charge on any atom is 0.254 e. The second-order valence-corrected chi connectivity index (χ2v) is 4.50. The van der Waals surface area contributed by atoms with Crippen LogP contribution in [0.4, 0.5) is 0 Å². The minimum Gasteiger partial charge on any atom is -0.310 e. The Balaban J connectivity index is 2.80. The predicted octanol–water partition coefficient (Wildman–Crippen LogP) is 2.32. The zero-order chi connectivity index (χ0) is 12.6. The lowest BCUT2D eigenvalue weighted by Crippen LogP contribution is -2.22. The number of nitrogens with zero attached hydrogens (tertiary/aromatic N) is 1. The van der Waals surface area contributed by atoms with Crippen LogP contribution in [0.2, 0.25) is 5.02 Å². The van der Waals surface area contributed by atoms with Gasteiger partial charge in [0.25, 0.3) is 5.56 Å². The number of aryl methyl sites for hydroxylation is 1. The van der Waals surface area contributed by atoms with E-state index < -0.39 is 0 Å². The molecule has 0 amide bonds. The number of Topliss-reactive ketones (excluding diaryl/α,β-unsaturated/α-hetero) is 1. The zero-order valence-corrected chi connectivity index (χ0v) is 10.4. The maximum absolute atomic E-state index is 12.0. The van der Waals surface area contributed by atoms with Crippen LogP contribution in [0.3, 0.4) is 0 Å². The summed E-state index contributed by atoms with van der Waals surface area (Å²) in [6.45, 7) is 1.47. The minimum absolute atomic E-state index is 0.0246. The zero-order valence-electron chi connectivity index (χ0n) is 9.66. The van der Waals surface area contributed by atoms with Gasteiger partial charge in [0.05, 0.1) is 10.5 Å². The molecule has 0 saturated carbocycles. The summed E-state index contributed by atoms with van der Waals surface area (Å²) in [5.41, 5.74) is 1.04. The minimum atomic E-state index is -0.166. The van der Waals surface area contributed by atoms with Crippen molar-refractivity contribution in [1.29, 1.82) is 0 Å². The number of pyridine rings is 1. The summed E-state index contributed by atoms with van der Waals surface area (Å²) in [7, 11) is 1.67. The van der Waals surface area contributed by atoms with Crippen molar-refractivity contribution in [3.63, 3.8) is 0 Å². The average molecular weight is 250 g/mol. The maximum atomic E-state index is 12.0. The van der Waals surface area contributed by atoms with E-state index in [0.29, 0.717) is 16.1 Å². The highest BCUT2D eigenvalue weighted by Crippen LogP contribution is 2.22. The number of carbonyl (C=O) groups excluding carboxylic acids is 1. The molecule has 0 spiro atoms. The molecule has 1 aromatic heterocycles. The molecule has 1 heterocycles. The lowest BCUT2D eigenvalue weighted by Gasteiger charge is -2.09. The van der Waals surface area contributed by atoms with Crippen LogP contribution in [0.25, 0.3) is 10.9 Å². The largest absolute Gasteiger partial charge is 0.310 e. The molecule has 88 valence electrons. The highest BCUT2D eigenvalue weighted by atomic mass is 35.5. The van der Waals surface area contributed by atoms with Gasteiger partial charge in [-0.25, -0.2) is 0 Å². The lowest BCUT2D eigenvalue weighted by atomic mass is 10.1. The lowest BCUT2D eigenvalue weighted by molar-refractivity contribution is -0.116. The average Bonchev–Trinajstić information content (AvgIpc) is 2.24. The first-order valence-electron chi connectivity index (χ1n) is 5.27. The number of rotatable bonds is 2. The van der Waals surface area contributed by atoms with E-state index in [0.717, 1.165) is 5.39 Å². The van der Waals surface area contributed by atoms with Gasteiger partial charge in [0, 0.05) is 24.4 Å². The molecule has 0 N–H and O–H groups in total. The van der Waals surface area contributed by atoms with Crippen molar-refractivity contribution in [3.8, 4) is 0 Å². The Morgan fingerprint density at radius 1 is 1.41 bits per heavy atom. The van der Waals surface area contributed by atoms with Crippen LogP contribution in [0, 0.1) is 0 Å². The third-order valence-corrected chi connectivity index (χ3v) is 3.01. The van der Waals surface area contributed by atoms with Crippen LogP contribution in [-0.2, 0) is 18.3 Å². The van der Waals surface area contributed by atoms with Gasteiger partial charge in [-0.3, -0.25) is 9.59 Å². The summed E-state index contributed by atoms with van der Waals surface area (Å²) in [6.07, 6.45) is 0.162. The normalized spacial score (nSPS) is 10.8. The third-order valence-electron chi connectivity index (χ3n) is 2.70. The van der Waals surface area contributed by atoms with E-state index in [1.165, 1.54) is 11.5 Å². The molecule has 4 heteroatoms. The number of benzene rings is 1. The number of carbonyl (C=O) groups is 1. The van der Waals surface area contributed by atoms with E-state index in [9.17, 15) is 9.59 Å². The van der Waals surface area contributed by atoms with Gasteiger partial charge in [0.1, 0.15) is 5.78 Å². The molecule has 1 aromatic carbocycles. The Labute approximate surface area is 104 Å². The standard InChI is InChI=1S/C13H12ClNO2/c1-8(16)6-10-7-9-4-3-5-11(14)12(9)15(2)13(10)17/h3-5,7H,6H2,1-2H3. The molecule has 0 unspecified atom stereocenters. The first-order chi connectivity index (χ1) is 8.00. The van der Waals surface area contributed by atoms with Gasteiger partial charge in [-0.15, -0.1) is 0 Å². The van der Waals surface area contributed by atoms with E-state index in [2.05, 4.69) is 0 Å². The van der Waals surface area contributed by atoms with E-state index in [1.807, 2.05) is 12.1 Å². The Kier molecular flexibility index (Phi) is 3.03. The van der Waals surface area contributed by atoms with Crippen LogP contribution in [-0.4, -0.2) is 10.4 Å². The number of fused-ring (bicyclic) bond motifs is 1. The summed E-state index contributed by atoms with van der Waals surface area (Å²) in [6, 6.07) is 7.19. The predicted molar refractivity (Wildman–Crippen MR) is 68.6 cm³/mol. The Bertz CT molecular complexity index is 658. The molecule has 0 atom stereocenters. The number of hydrogen-bond donors (Lipinski definition) is 0. The second-order valence-electron chi connectivity index (χ2n) is 4.09. The number of para-hydroxylation sites is 1. The van der Waals surface area contributed by atoms with Crippen LogP contribution >= 0.6 is 11.6 Å². The highest BCUT2D eigenvalue weighted by molar-refractivity contribution is 6.35. The van der Waals surface area contributed by atoms with Gasteiger partial charge in [-0.2, -0.15) is 0 Å². The highest BCUT2D eigenvalue weighted by Gasteiger charge is 2.10. The molecule has 0 saturated heterocycles. The number of ketones is 1. The van der Waals surface area contributed by atoms with E-state index in [-0.39, 0.29) is 17.8 Å². The van der Waals surface area contributed by atoms with Gasteiger partial charge in [0.2, 0.25) is 0 Å². The van der Waals surface area contributed by atoms with E-state index >= 15 is 0 Å². The van der Waals surface area contributed by atoms with Crippen LogP contribution in [0.1, 0.15) is 12.5 Å². The summed E-state index contributed by atoms with van der Waals surface area (Å²) < 4.78 is 1.50. The van der Waals surface area contributed by atoms with Gasteiger partial charge >= 0.3 is 0 Å². The first kappa shape index (κ1) is 11.9. The fraction of sp³-hybridized carbons (Fsp3) is 0.231. The molecule has 0 aliphatic heterocycles. The van der Waals surface area contributed by atoms with Crippen LogP contribution in [0.15, 0.2) is 29.1 Å². The number of aromatic nitrogens is 1. The third kappa shape index (κ3) is 2.11. The molecule has 2 rings (SSSR count). The number of hydrogen-bond acceptors (Lipinski definition) is 2. The Hall–Kier alpha value is -1.61. The van der Waals surface area contributed by atoms with Crippen LogP contribution < -0.4 is 5.56 Å². The first-order valence-corrected chi connectivity index (χ1v) is 5.65. The van der Waals surface area contributed by atoms with Crippen molar-refractivity contribution in [3.05, 3.63) is 45.2 Å². The van der Waals surface area contributed by atoms with Crippen molar-refractivity contribution in [2.24, 2.45) is 7.05 Å². The van der Waals surface area contributed by atoms with Gasteiger partial charge in [0.15, 0.2) is 0 Å². The Morgan fingerprint density at radius 2 is 2.12 bits per heavy atom. The van der Waals surface area contributed by atoms with Crippen molar-refractivity contribution < 1.29 is 4.79 Å². The fourth-order valence-electron chi connectivity index (χ4n) is 1.96. The molecule has 3 nitrogen and oxygen atoms in total. The topological polar surface area (TPSA) is 39.1 Å². The molecular formula is C13H12ClNO2. The van der Waals surface area contributed by atoms with Gasteiger partial charge in [-0.05, 0) is 19.1 Å². The van der Waals surface area contributed by atoms with Crippen molar-refractivity contribution in [1.82, 2.24) is 4.57 Å². The van der Waals surface area contributed by atoms with Crippen LogP contribution in [0.5, 0.6) is 0 Å². The molecule has 0 bridgehead atoms. The molecule has 17 heavy (non-hydrogen) atoms. The molecule has 2 aromatic rings. The molecule has 0 aliphatic carbocycles. The van der Waals surface area contributed by atoms with Crippen molar-refractivity contribution >= 4 is 28.3 Å².